The molecule has 1 aromatic rings. The third-order valence-corrected chi connectivity index (χ3v) is 1.50. The van der Waals surface area contributed by atoms with E-state index in [0.29, 0.717) is 0 Å². The van der Waals surface area contributed by atoms with Crippen molar-refractivity contribution < 1.29 is 24.7 Å². The smallest absolute Gasteiger partial charge is 0.0280 e. The average Bonchev–Trinajstić information content (AvgIpc) is 2.37. The van der Waals surface area contributed by atoms with Crippen LogP contribution in [0.15, 0.2) is 0 Å². The second kappa shape index (κ2) is 2.93. The van der Waals surface area contributed by atoms with E-state index in [2.05, 4.69) is 0 Å². The van der Waals surface area contributed by atoms with Crippen LogP contribution < -0.4 is 0 Å². The molecule has 66 valence electrons. The van der Waals surface area contributed by atoms with E-state index in [9.17, 15) is 0 Å². The van der Waals surface area contributed by atoms with Crippen LogP contribution in [0.2, 0.25) is 0 Å². The first-order chi connectivity index (χ1) is 12.7. The van der Waals surface area contributed by atoms with Crippen LogP contribution in [0.1, 0.15) is 58.1 Å². The van der Waals surface area contributed by atoms with Gasteiger partial charge >= 0.3 is 0 Å². The lowest BCUT2D eigenvalue weighted by atomic mass is 9.90. The molecule has 0 aromatic heterocycles. The number of rotatable bonds is 0. The lowest BCUT2D eigenvalue weighted by Gasteiger charge is -2.15. The van der Waals surface area contributed by atoms with Crippen molar-refractivity contribution in [2.75, 3.05) is 0 Å². The van der Waals surface area contributed by atoms with E-state index in [0.717, 1.165) is 0 Å². The summed E-state index contributed by atoms with van der Waals surface area (Å²) in [6.45, 7) is -21.5. The zero-order valence-corrected chi connectivity index (χ0v) is 6.00. The van der Waals surface area contributed by atoms with Crippen LogP contribution in [-0.2, 0) is 0 Å². The summed E-state index contributed by atoms with van der Waals surface area (Å²) in [6.07, 6.45) is 0. The summed E-state index contributed by atoms with van der Waals surface area (Å²) < 4.78 is 138. The Labute approximate surface area is 101 Å². The number of hydrogen-bond donors (Lipinski definition) is 0. The van der Waals surface area contributed by atoms with Gasteiger partial charge in [0.1, 0.15) is 0 Å². The van der Waals surface area contributed by atoms with E-state index < -0.39 is 74.5 Å². The fourth-order valence-corrected chi connectivity index (χ4v) is 0.750. The predicted octanol–water partition coefficient (Wildman–Crippen LogP) is 3.54. The second-order valence-corrected chi connectivity index (χ2v) is 2.25. The highest BCUT2D eigenvalue weighted by molar-refractivity contribution is 5.48. The molecule has 0 aliphatic heterocycles. The van der Waals surface area contributed by atoms with Crippen LogP contribution >= 0.6 is 0 Å². The molecule has 0 unspecified atom stereocenters. The maximum Gasteiger partial charge on any atom is 0.0280 e. The van der Waals surface area contributed by atoms with Gasteiger partial charge in [0.05, 0.1) is 0 Å². The minimum absolute atomic E-state index is 1.51. The Morgan fingerprint density at radius 1 is 0.500 bits per heavy atom. The van der Waals surface area contributed by atoms with Crippen LogP contribution in [0.3, 0.4) is 0 Å². The first kappa shape index (κ1) is 1.37. The van der Waals surface area contributed by atoms with Crippen LogP contribution in [0, 0.1) is 41.1 Å². The lowest BCUT2D eigenvalue weighted by Crippen LogP contribution is -1.98. The summed E-state index contributed by atoms with van der Waals surface area (Å²) in [5.74, 6) is 0. The molecule has 0 N–H and O–H groups in total. The molecule has 0 nitrogen and oxygen atoms in total. The van der Waals surface area contributed by atoms with Crippen molar-refractivity contribution in [1.29, 1.82) is 0 Å². The van der Waals surface area contributed by atoms with Gasteiger partial charge in [0.15, 0.2) is 0 Å². The van der Waals surface area contributed by atoms with Crippen LogP contribution in [0.5, 0.6) is 0 Å². The lowest BCUT2D eigenvalue weighted by molar-refractivity contribution is 1.13. The van der Waals surface area contributed by atoms with Crippen molar-refractivity contribution in [2.24, 2.45) is 0 Å². The van der Waals surface area contributed by atoms with Crippen molar-refractivity contribution in [1.82, 2.24) is 0 Å². The molecule has 0 atom stereocenters. The van der Waals surface area contributed by atoms with Gasteiger partial charge in [0.25, 0.3) is 0 Å². The van der Waals surface area contributed by atoms with Gasteiger partial charge in [0, 0.05) is 24.7 Å². The van der Waals surface area contributed by atoms with Gasteiger partial charge in [-0.3, -0.25) is 0 Å². The third-order valence-electron chi connectivity index (χ3n) is 1.50. The Balaban J connectivity index is 4.87. The monoisotopic (exact) mass is 162 g/mol. The molecule has 1 rings (SSSR count). The van der Waals surface area contributed by atoms with Gasteiger partial charge in [-0.15, -0.1) is 0 Å². The van der Waals surface area contributed by atoms with E-state index in [-0.39, 0.29) is 0 Å². The number of hydrogen-bond acceptors (Lipinski definition) is 0. The molecule has 0 saturated heterocycles. The summed E-state index contributed by atoms with van der Waals surface area (Å²) >= 11 is 0. The SMILES string of the molecule is [1H]C([1H])([1H])c1c(C([1H])([1H])[1H])c(C([1H])([1H])[1H])c(C([1H])([1H])[1H])c(C([1H])([1H])[1H])c1C([1H])([1H])[1H]. The highest BCUT2D eigenvalue weighted by atomic mass is 14.1. The van der Waals surface area contributed by atoms with Gasteiger partial charge < -0.3 is 0 Å². The second-order valence-electron chi connectivity index (χ2n) is 2.25. The molecule has 0 aliphatic rings. The van der Waals surface area contributed by atoms with Crippen LogP contribution in [0.25, 0.3) is 0 Å². The Kier molecular flexibility index (Phi) is 0.335. The normalized spacial score (nSPS) is 39.0. The zero-order valence-electron chi connectivity index (χ0n) is 24.0. The quantitative estimate of drug-likeness (QED) is 0.547. The Morgan fingerprint density at radius 2 is 0.667 bits per heavy atom. The third kappa shape index (κ3) is 1.16. The molecule has 0 aliphatic carbocycles. The molecule has 0 heterocycles. The summed E-state index contributed by atoms with van der Waals surface area (Å²) in [5, 5.41) is 0. The Hall–Kier alpha value is -0.780. The van der Waals surface area contributed by atoms with Crippen LogP contribution in [-0.4, -0.2) is 0 Å². The van der Waals surface area contributed by atoms with Gasteiger partial charge in [-0.1, -0.05) is 0 Å². The van der Waals surface area contributed by atoms with Crippen molar-refractivity contribution in [2.45, 2.75) is 41.1 Å². The fraction of sp³-hybridized carbons (Fsp3) is 0.500. The highest BCUT2D eigenvalue weighted by Gasteiger charge is 2.07. The minimum atomic E-state index is -3.58. The minimum Gasteiger partial charge on any atom is -0.0447 e. The molecule has 0 saturated carbocycles. The van der Waals surface area contributed by atoms with Gasteiger partial charge in [-0.2, -0.15) is 0 Å². The maximum atomic E-state index is 7.67. The Bertz CT molecular complexity index is 605. The zero-order chi connectivity index (χ0) is 24.5. The molecule has 0 radical (unpaired) electrons. The Morgan fingerprint density at radius 3 is 0.750 bits per heavy atom. The first-order valence-corrected chi connectivity index (χ1v) is 3.00. The molecular formula is C12H18. The predicted molar refractivity (Wildman–Crippen MR) is 54.9 cm³/mol. The van der Waals surface area contributed by atoms with E-state index in [4.69, 9.17) is 24.7 Å². The van der Waals surface area contributed by atoms with Crippen molar-refractivity contribution in [3.63, 3.8) is 0 Å². The molecule has 12 heavy (non-hydrogen) atoms. The first-order valence-electron chi connectivity index (χ1n) is 12.0. The highest BCUT2D eigenvalue weighted by Crippen LogP contribution is 2.24. The summed E-state index contributed by atoms with van der Waals surface area (Å²) in [7, 11) is 0. The standard InChI is InChI=1S/C12H18/c1-7-8(2)10(4)12(6)11(5)9(7)3/h1-6H3/i1H3,2H3,3H3,4H3,5H3,6H3. The molecule has 0 fully saturated rings. The van der Waals surface area contributed by atoms with Crippen molar-refractivity contribution in [3.8, 4) is 0 Å². The van der Waals surface area contributed by atoms with Crippen molar-refractivity contribution in [3.05, 3.63) is 33.4 Å². The number of benzene rings is 1. The molecule has 1 aromatic carbocycles. The summed E-state index contributed by atoms with van der Waals surface area (Å²) in [5.41, 5.74) is -9.04. The molecule has 0 bridgehead atoms. The summed E-state index contributed by atoms with van der Waals surface area (Å²) in [6, 6.07) is 0. The largest absolute Gasteiger partial charge is 0.0447 e. The van der Waals surface area contributed by atoms with Gasteiger partial charge in [-0.25, -0.2) is 0 Å². The molecule has 0 heteroatoms. The summed E-state index contributed by atoms with van der Waals surface area (Å²) in [4.78, 5) is 0. The van der Waals surface area contributed by atoms with E-state index in [1.54, 1.807) is 0 Å². The van der Waals surface area contributed by atoms with E-state index in [1.807, 2.05) is 0 Å². The van der Waals surface area contributed by atoms with Gasteiger partial charge in [0.2, 0.25) is 0 Å². The van der Waals surface area contributed by atoms with E-state index >= 15 is 0 Å². The topological polar surface area (TPSA) is 0 Å². The maximum absolute atomic E-state index is 7.67. The van der Waals surface area contributed by atoms with Gasteiger partial charge in [-0.05, 0) is 74.5 Å². The fourth-order valence-electron chi connectivity index (χ4n) is 0.750. The average molecular weight is 162 g/mol. The van der Waals surface area contributed by atoms with E-state index in [1.165, 1.54) is 0 Å². The molecule has 0 amide bonds. The molecular weight excluding hydrogens is 144 g/mol. The molecule has 0 spiro atoms. The van der Waals surface area contributed by atoms with Crippen molar-refractivity contribution >= 4 is 0 Å². The van der Waals surface area contributed by atoms with Crippen LogP contribution in [0.4, 0.5) is 0 Å².